The normalized spacial score (nSPS) is 28.4. The van der Waals surface area contributed by atoms with Gasteiger partial charge in [0.05, 0.1) is 17.7 Å². The number of rotatable bonds is 4. The van der Waals surface area contributed by atoms with Gasteiger partial charge in [-0.1, -0.05) is 12.2 Å². The molecule has 2 heterocycles. The van der Waals surface area contributed by atoms with E-state index in [2.05, 4.69) is 21.7 Å². The zero-order chi connectivity index (χ0) is 13.0. The molecule has 0 aromatic rings. The summed E-state index contributed by atoms with van der Waals surface area (Å²) in [7, 11) is 2.16. The monoisotopic (exact) mass is 272 g/mol. The number of likely N-dealkylation sites (N-methyl/N-ethyl adjacent to an activating group) is 1. The van der Waals surface area contributed by atoms with Crippen molar-refractivity contribution in [1.82, 2.24) is 14.7 Å². The van der Waals surface area contributed by atoms with Crippen LogP contribution in [0, 0.1) is 0 Å². The molecule has 2 aliphatic rings. The highest BCUT2D eigenvalue weighted by Gasteiger charge is 2.23. The molecule has 0 radical (unpaired) electrons. The van der Waals surface area contributed by atoms with E-state index < -0.39 is 0 Å². The molecule has 2 rings (SSSR count). The lowest BCUT2D eigenvalue weighted by Gasteiger charge is -2.38. The number of hydrogen-bond donors (Lipinski definition) is 1. The summed E-state index contributed by atoms with van der Waals surface area (Å²) in [4.78, 5) is 7.75. The quantitative estimate of drug-likeness (QED) is 0.678. The van der Waals surface area contributed by atoms with E-state index in [4.69, 9.17) is 22.7 Å². The van der Waals surface area contributed by atoms with Crippen LogP contribution in [0.25, 0.3) is 0 Å². The average Bonchev–Trinajstić information content (AvgIpc) is 2.31. The first-order valence-corrected chi connectivity index (χ1v) is 7.07. The van der Waals surface area contributed by atoms with Gasteiger partial charge in [-0.25, -0.2) is 0 Å². The lowest BCUT2D eigenvalue weighted by molar-refractivity contribution is -0.0405. The van der Waals surface area contributed by atoms with Gasteiger partial charge in [0.1, 0.15) is 0 Å². The summed E-state index contributed by atoms with van der Waals surface area (Å²) in [6, 6.07) is 0. The lowest BCUT2D eigenvalue weighted by atomic mass is 10.2. The highest BCUT2D eigenvalue weighted by Crippen LogP contribution is 2.08. The van der Waals surface area contributed by atoms with E-state index >= 15 is 0 Å². The fourth-order valence-corrected chi connectivity index (χ4v) is 2.80. The Labute approximate surface area is 115 Å². The van der Waals surface area contributed by atoms with Crippen molar-refractivity contribution in [2.45, 2.75) is 6.10 Å². The molecule has 0 bridgehead atoms. The maximum atomic E-state index is 5.80. The maximum absolute atomic E-state index is 5.80. The van der Waals surface area contributed by atoms with Crippen molar-refractivity contribution in [3.63, 3.8) is 0 Å². The number of piperazine rings is 1. The Morgan fingerprint density at radius 2 is 1.89 bits per heavy atom. The first-order chi connectivity index (χ1) is 8.63. The van der Waals surface area contributed by atoms with Crippen LogP contribution in [-0.2, 0) is 4.74 Å². The summed E-state index contributed by atoms with van der Waals surface area (Å²) in [5.74, 6) is 0. The molecule has 0 aliphatic carbocycles. The second kappa shape index (κ2) is 6.77. The SMILES string of the molecule is CN1CCOC(CN2CCN(CC(N)=S)CC2)C1. The highest BCUT2D eigenvalue weighted by molar-refractivity contribution is 7.80. The van der Waals surface area contributed by atoms with Gasteiger partial charge in [-0.05, 0) is 7.05 Å². The third-order valence-electron chi connectivity index (χ3n) is 3.65. The van der Waals surface area contributed by atoms with Crippen molar-refractivity contribution >= 4 is 17.2 Å². The Bertz CT molecular complexity index is 281. The molecule has 0 amide bonds. The molecule has 2 aliphatic heterocycles. The van der Waals surface area contributed by atoms with Crippen LogP contribution in [0.2, 0.25) is 0 Å². The number of thiocarbonyl (C=S) groups is 1. The molecule has 1 unspecified atom stereocenters. The number of hydrogen-bond acceptors (Lipinski definition) is 5. The van der Waals surface area contributed by atoms with E-state index in [1.807, 2.05) is 0 Å². The molecule has 6 heteroatoms. The number of nitrogens with zero attached hydrogens (tertiary/aromatic N) is 3. The molecule has 18 heavy (non-hydrogen) atoms. The second-order valence-electron chi connectivity index (χ2n) is 5.30. The van der Waals surface area contributed by atoms with E-state index in [0.29, 0.717) is 11.1 Å². The first kappa shape index (κ1) is 14.1. The summed E-state index contributed by atoms with van der Waals surface area (Å²) >= 11 is 4.95. The lowest BCUT2D eigenvalue weighted by Crippen LogP contribution is -2.52. The Morgan fingerprint density at radius 3 is 2.50 bits per heavy atom. The molecule has 104 valence electrons. The fraction of sp³-hybridized carbons (Fsp3) is 0.917. The Morgan fingerprint density at radius 1 is 1.22 bits per heavy atom. The van der Waals surface area contributed by atoms with Gasteiger partial charge in [-0.2, -0.15) is 0 Å². The molecule has 2 N–H and O–H groups in total. The number of morpholine rings is 1. The molecular formula is C12H24N4OS. The summed E-state index contributed by atoms with van der Waals surface area (Å²) in [6.45, 7) is 9.06. The van der Waals surface area contributed by atoms with Crippen molar-refractivity contribution in [3.05, 3.63) is 0 Å². The molecule has 1 atom stereocenters. The zero-order valence-corrected chi connectivity index (χ0v) is 12.0. The van der Waals surface area contributed by atoms with Crippen LogP contribution < -0.4 is 5.73 Å². The van der Waals surface area contributed by atoms with Gasteiger partial charge in [0.2, 0.25) is 0 Å². The molecule has 0 saturated carbocycles. The van der Waals surface area contributed by atoms with Crippen LogP contribution in [-0.4, -0.2) is 91.8 Å². The minimum absolute atomic E-state index is 0.367. The van der Waals surface area contributed by atoms with Gasteiger partial charge in [0, 0.05) is 52.4 Å². The predicted octanol–water partition coefficient (Wildman–Crippen LogP) is -0.779. The smallest absolute Gasteiger partial charge is 0.0870 e. The largest absolute Gasteiger partial charge is 0.392 e. The Hall–Kier alpha value is -0.270. The van der Waals surface area contributed by atoms with Gasteiger partial charge >= 0.3 is 0 Å². The second-order valence-corrected chi connectivity index (χ2v) is 5.82. The van der Waals surface area contributed by atoms with Gasteiger partial charge in [-0.3, -0.25) is 9.80 Å². The highest BCUT2D eigenvalue weighted by atomic mass is 32.1. The van der Waals surface area contributed by atoms with Crippen LogP contribution in [0.1, 0.15) is 0 Å². The topological polar surface area (TPSA) is 45.0 Å². The van der Waals surface area contributed by atoms with Crippen LogP contribution in [0.5, 0.6) is 0 Å². The van der Waals surface area contributed by atoms with E-state index in [0.717, 1.165) is 59.0 Å². The van der Waals surface area contributed by atoms with Crippen molar-refractivity contribution in [3.8, 4) is 0 Å². The van der Waals surface area contributed by atoms with Crippen molar-refractivity contribution in [1.29, 1.82) is 0 Å². The molecule has 2 fully saturated rings. The van der Waals surface area contributed by atoms with Crippen LogP contribution in [0.3, 0.4) is 0 Å². The van der Waals surface area contributed by atoms with E-state index in [9.17, 15) is 0 Å². The van der Waals surface area contributed by atoms with Crippen LogP contribution in [0.4, 0.5) is 0 Å². The van der Waals surface area contributed by atoms with Crippen molar-refractivity contribution in [2.24, 2.45) is 5.73 Å². The van der Waals surface area contributed by atoms with Gasteiger partial charge in [0.15, 0.2) is 0 Å². The van der Waals surface area contributed by atoms with Gasteiger partial charge in [-0.15, -0.1) is 0 Å². The minimum Gasteiger partial charge on any atom is -0.392 e. The standard InChI is InChI=1S/C12H24N4OS/c1-14-6-7-17-11(8-14)9-15-2-4-16(5-3-15)10-12(13)18/h11H,2-10H2,1H3,(H2,13,18). The molecule has 0 spiro atoms. The van der Waals surface area contributed by atoms with Crippen LogP contribution >= 0.6 is 12.2 Å². The summed E-state index contributed by atoms with van der Waals surface area (Å²) in [6.07, 6.45) is 0.367. The first-order valence-electron chi connectivity index (χ1n) is 6.66. The average molecular weight is 272 g/mol. The fourth-order valence-electron chi connectivity index (χ4n) is 2.62. The third kappa shape index (κ3) is 4.44. The molecule has 5 nitrogen and oxygen atoms in total. The van der Waals surface area contributed by atoms with E-state index in [-0.39, 0.29) is 0 Å². The van der Waals surface area contributed by atoms with Gasteiger partial charge < -0.3 is 15.4 Å². The molecule has 2 saturated heterocycles. The Kier molecular flexibility index (Phi) is 5.32. The molecule has 0 aromatic heterocycles. The summed E-state index contributed by atoms with van der Waals surface area (Å²) < 4.78 is 5.80. The summed E-state index contributed by atoms with van der Waals surface area (Å²) in [5, 5.41) is 0. The maximum Gasteiger partial charge on any atom is 0.0870 e. The predicted molar refractivity (Wildman–Crippen MR) is 76.9 cm³/mol. The Balaban J connectivity index is 1.68. The molecular weight excluding hydrogens is 248 g/mol. The van der Waals surface area contributed by atoms with E-state index in [1.165, 1.54) is 0 Å². The van der Waals surface area contributed by atoms with E-state index in [1.54, 1.807) is 0 Å². The number of nitrogens with two attached hydrogens (primary N) is 1. The third-order valence-corrected chi connectivity index (χ3v) is 3.78. The van der Waals surface area contributed by atoms with Crippen LogP contribution in [0.15, 0.2) is 0 Å². The van der Waals surface area contributed by atoms with Crippen molar-refractivity contribution in [2.75, 3.05) is 66.0 Å². The van der Waals surface area contributed by atoms with Crippen molar-refractivity contribution < 1.29 is 4.74 Å². The summed E-state index contributed by atoms with van der Waals surface area (Å²) in [5.41, 5.74) is 5.57. The van der Waals surface area contributed by atoms with Gasteiger partial charge in [0.25, 0.3) is 0 Å². The minimum atomic E-state index is 0.367. The number of ether oxygens (including phenoxy) is 1. The molecule has 0 aromatic carbocycles. The zero-order valence-electron chi connectivity index (χ0n) is 11.2.